The minimum Gasteiger partial charge on any atom is -0.147 e. The zero-order chi connectivity index (χ0) is 39.6. The molecule has 0 spiro atoms. The maximum Gasteiger partial charge on any atom is -0.147 e. The Bertz CT molecular complexity index is 1820. The van der Waals surface area contributed by atoms with Crippen molar-refractivity contribution in [2.75, 3.05) is 0 Å². The van der Waals surface area contributed by atoms with Crippen LogP contribution >= 0.6 is 24.8 Å². The number of halogens is 2. The minimum absolute atomic E-state index is 0. The Morgan fingerprint density at radius 3 is 0.768 bits per heavy atom. The van der Waals surface area contributed by atoms with Crippen molar-refractivity contribution in [1.82, 2.24) is 0 Å². The van der Waals surface area contributed by atoms with E-state index in [9.17, 15) is 0 Å². The van der Waals surface area contributed by atoms with Crippen LogP contribution in [0.4, 0.5) is 0 Å². The topological polar surface area (TPSA) is 0 Å². The fourth-order valence-electron chi connectivity index (χ4n) is 7.93. The SMILES string of the molecule is C[Si](c1ccccc1)=[Hf]([C]1=CC(C(C)(C)C)=CC1)[C]1=CC(C(C)(C)C)=CC1.C[Si](c1ccccc1)=[Hf]([C]1=CC(C(C)(C)C)=CC1)[C]1=CC(C(C)(C)C)=CC1.Cl.Cl. The van der Waals surface area contributed by atoms with Crippen LogP contribution in [0.5, 0.6) is 0 Å². The van der Waals surface area contributed by atoms with Gasteiger partial charge in [0, 0.05) is 0 Å². The van der Waals surface area contributed by atoms with Crippen LogP contribution in [0.15, 0.2) is 145 Å². The number of hydrogen-bond donors (Lipinski definition) is 0. The molecule has 0 aliphatic heterocycles. The van der Waals surface area contributed by atoms with Gasteiger partial charge in [-0.05, 0) is 0 Å². The van der Waals surface area contributed by atoms with Crippen molar-refractivity contribution in [1.29, 1.82) is 0 Å². The molecular weight excluding hydrogens is 1080 g/mol. The number of hydrogen-bond acceptors (Lipinski definition) is 0. The third kappa shape index (κ3) is 12.6. The Labute approximate surface area is 371 Å². The van der Waals surface area contributed by atoms with Gasteiger partial charge in [-0.1, -0.05) is 0 Å². The molecule has 0 nitrogen and oxygen atoms in total. The average Bonchev–Trinajstić information content (AvgIpc) is 3.92. The summed E-state index contributed by atoms with van der Waals surface area (Å²) in [5.41, 5.74) is 6.32. The van der Waals surface area contributed by atoms with E-state index in [2.05, 4.69) is 205 Å². The summed E-state index contributed by atoms with van der Waals surface area (Å²) in [6.07, 6.45) is 25.4. The summed E-state index contributed by atoms with van der Waals surface area (Å²) in [5.74, 6) is 0. The second kappa shape index (κ2) is 20.1. The van der Waals surface area contributed by atoms with Crippen LogP contribution in [0.1, 0.15) is 109 Å². The largest absolute Gasteiger partial charge is 0.147 e. The number of allylic oxidation sites excluding steroid dienone is 16. The smallest absolute Gasteiger partial charge is 0.147 e. The zero-order valence-electron chi connectivity index (χ0n) is 37.0. The first-order valence-corrected chi connectivity index (χ1v) is 42.3. The third-order valence-corrected chi connectivity index (χ3v) is 62.4. The van der Waals surface area contributed by atoms with Crippen LogP contribution in [-0.2, 0) is 40.1 Å². The van der Waals surface area contributed by atoms with E-state index < -0.39 is 51.1 Å². The molecule has 6 rings (SSSR count). The van der Waals surface area contributed by atoms with Crippen molar-refractivity contribution in [3.05, 3.63) is 145 Å². The first-order chi connectivity index (χ1) is 25.1. The maximum absolute atomic E-state index is 2.62. The monoisotopic (exact) mass is 1160 g/mol. The predicted molar refractivity (Wildman–Crippen MR) is 251 cm³/mol. The molecule has 0 atom stereocenters. The molecule has 0 fully saturated rings. The predicted octanol–water partition coefficient (Wildman–Crippen LogP) is 14.2. The van der Waals surface area contributed by atoms with Crippen molar-refractivity contribution in [3.8, 4) is 0 Å². The van der Waals surface area contributed by atoms with Gasteiger partial charge in [-0.25, -0.2) is 0 Å². The molecule has 0 heterocycles. The quantitative estimate of drug-likeness (QED) is 0.253. The molecule has 300 valence electrons. The summed E-state index contributed by atoms with van der Waals surface area (Å²) in [7, 11) is 0. The van der Waals surface area contributed by atoms with Crippen LogP contribution in [0.25, 0.3) is 0 Å². The second-order valence-electron chi connectivity index (χ2n) is 19.9. The van der Waals surface area contributed by atoms with Crippen LogP contribution in [-0.4, -0.2) is 11.0 Å². The molecule has 0 amide bonds. The average molecular weight is 1160 g/mol. The van der Waals surface area contributed by atoms with E-state index in [1.54, 1.807) is 32.7 Å². The Balaban J connectivity index is 0.000000290. The molecule has 0 unspecified atom stereocenters. The fraction of sp³-hybridized carbons (Fsp3) is 0.440. The van der Waals surface area contributed by atoms with E-state index >= 15 is 0 Å². The Morgan fingerprint density at radius 2 is 0.589 bits per heavy atom. The number of rotatable bonds is 6. The van der Waals surface area contributed by atoms with Crippen LogP contribution in [0.3, 0.4) is 0 Å². The third-order valence-electron chi connectivity index (χ3n) is 11.4. The molecule has 4 aliphatic carbocycles. The van der Waals surface area contributed by atoms with Crippen molar-refractivity contribution in [3.63, 3.8) is 0 Å². The molecule has 0 N–H and O–H groups in total. The van der Waals surface area contributed by atoms with Crippen molar-refractivity contribution in [2.45, 2.75) is 122 Å². The second-order valence-corrected chi connectivity index (χ2v) is 62.5. The minimum atomic E-state index is -2.09. The van der Waals surface area contributed by atoms with Crippen molar-refractivity contribution in [2.24, 2.45) is 21.7 Å². The Morgan fingerprint density at radius 1 is 0.375 bits per heavy atom. The summed E-state index contributed by atoms with van der Waals surface area (Å²) in [6, 6.07) is 22.8. The molecule has 0 bridgehead atoms. The standard InChI is InChI=1S/4C9H13.2C7H8Si.2ClH.2Hf/c4*1-9(2,3)8-6-4-5-7-8;2*1-8-7-5-3-2-4-6-7;;;;/h4*6-7H,4H2,1-3H3;2*2-6H,1H3;2*1H;;. The molecule has 0 aromatic heterocycles. The first-order valence-electron chi connectivity index (χ1n) is 20.3. The number of benzene rings is 2. The van der Waals surface area contributed by atoms with Gasteiger partial charge in [-0.3, -0.25) is 0 Å². The van der Waals surface area contributed by atoms with Crippen molar-refractivity contribution < 1.29 is 40.1 Å². The molecule has 2 aromatic rings. The summed E-state index contributed by atoms with van der Waals surface area (Å²) < 4.78 is 7.39. The van der Waals surface area contributed by atoms with Gasteiger partial charge in [0.25, 0.3) is 0 Å². The molecule has 0 radical (unpaired) electrons. The van der Waals surface area contributed by atoms with Gasteiger partial charge in [0.2, 0.25) is 0 Å². The first kappa shape index (κ1) is 49.5. The molecule has 6 heteroatoms. The van der Waals surface area contributed by atoms with E-state index in [4.69, 9.17) is 0 Å². The summed E-state index contributed by atoms with van der Waals surface area (Å²) in [4.78, 5) is 0. The van der Waals surface area contributed by atoms with Gasteiger partial charge < -0.3 is 0 Å². The van der Waals surface area contributed by atoms with E-state index in [0.717, 1.165) is 0 Å². The van der Waals surface area contributed by atoms with Gasteiger partial charge in [-0.15, -0.1) is 24.8 Å². The Kier molecular flexibility index (Phi) is 17.8. The van der Waals surface area contributed by atoms with Gasteiger partial charge >= 0.3 is 350 Å². The van der Waals surface area contributed by atoms with E-state index in [1.165, 1.54) is 25.7 Å². The molecule has 4 aliphatic rings. The molecule has 0 saturated carbocycles. The summed E-state index contributed by atoms with van der Waals surface area (Å²) in [6.45, 7) is 33.5. The van der Waals surface area contributed by atoms with Crippen LogP contribution < -0.4 is 10.4 Å². The van der Waals surface area contributed by atoms with Crippen molar-refractivity contribution >= 4 is 46.2 Å². The molecule has 0 saturated heterocycles. The fourth-order valence-corrected chi connectivity index (χ4v) is 59.8. The molecule has 56 heavy (non-hydrogen) atoms. The summed E-state index contributed by atoms with van der Waals surface area (Å²) >= 11 is -4.18. The zero-order valence-corrected chi connectivity index (χ0v) is 47.9. The van der Waals surface area contributed by atoms with Crippen LogP contribution in [0, 0.1) is 21.7 Å². The normalized spacial score (nSPS) is 16.7. The van der Waals surface area contributed by atoms with E-state index in [-0.39, 0.29) is 46.5 Å². The van der Waals surface area contributed by atoms with Crippen LogP contribution in [0.2, 0.25) is 13.1 Å². The molecule has 2 aromatic carbocycles. The van der Waals surface area contributed by atoms with Gasteiger partial charge in [-0.2, -0.15) is 0 Å². The maximum atomic E-state index is 2.62. The summed E-state index contributed by atoms with van der Waals surface area (Å²) in [5, 5.41) is 3.28. The van der Waals surface area contributed by atoms with E-state index in [0.29, 0.717) is 0 Å². The van der Waals surface area contributed by atoms with Gasteiger partial charge in [0.1, 0.15) is 0 Å². The molecular formula is C50H70Cl2Hf2Si2. The van der Waals surface area contributed by atoms with Gasteiger partial charge in [0.15, 0.2) is 0 Å². The Hall–Kier alpha value is -0.886. The van der Waals surface area contributed by atoms with E-state index in [1.807, 2.05) is 13.3 Å². The van der Waals surface area contributed by atoms with Gasteiger partial charge in [0.05, 0.1) is 0 Å².